The summed E-state index contributed by atoms with van der Waals surface area (Å²) in [5.41, 5.74) is 4.02. The van der Waals surface area contributed by atoms with Gasteiger partial charge in [-0.15, -0.1) is 0 Å². The predicted octanol–water partition coefficient (Wildman–Crippen LogP) is 2.98. The Hall–Kier alpha value is -1.27. The zero-order chi connectivity index (χ0) is 14.4. The van der Waals surface area contributed by atoms with Crippen LogP contribution in [-0.2, 0) is 13.6 Å². The van der Waals surface area contributed by atoms with Crippen LogP contribution in [0.25, 0.3) is 0 Å². The van der Waals surface area contributed by atoms with Crippen LogP contribution in [0.5, 0.6) is 0 Å². The van der Waals surface area contributed by atoms with Crippen LogP contribution in [-0.4, -0.2) is 11.1 Å². The van der Waals surface area contributed by atoms with Crippen molar-refractivity contribution >= 4 is 0 Å². The van der Waals surface area contributed by atoms with Gasteiger partial charge in [0.25, 0.3) is 0 Å². The van der Waals surface area contributed by atoms with Gasteiger partial charge in [0.2, 0.25) is 0 Å². The molecule has 1 fully saturated rings. The van der Waals surface area contributed by atoms with E-state index in [0.717, 1.165) is 24.7 Å². The molecule has 1 N–H and O–H groups in total. The van der Waals surface area contributed by atoms with E-state index < -0.39 is 0 Å². The van der Waals surface area contributed by atoms with Gasteiger partial charge in [-0.25, -0.2) is 0 Å². The molecule has 104 valence electrons. The predicted molar refractivity (Wildman–Crippen MR) is 77.6 cm³/mol. The molecular formula is C16H25N3. The highest BCUT2D eigenvalue weighted by Gasteiger charge is 2.63. The number of aromatic nitrogens is 1. The van der Waals surface area contributed by atoms with Gasteiger partial charge in [-0.3, -0.25) is 0 Å². The fourth-order valence-corrected chi connectivity index (χ4v) is 3.24. The number of hydrogen-bond donors (Lipinski definition) is 1. The molecule has 1 aromatic heterocycles. The summed E-state index contributed by atoms with van der Waals surface area (Å²) in [4.78, 5) is 0. The summed E-state index contributed by atoms with van der Waals surface area (Å²) >= 11 is 0. The largest absolute Gasteiger partial charge is 0.340 e. The van der Waals surface area contributed by atoms with Crippen LogP contribution in [0.2, 0.25) is 0 Å². The Morgan fingerprint density at radius 2 is 1.89 bits per heavy atom. The van der Waals surface area contributed by atoms with E-state index >= 15 is 0 Å². The van der Waals surface area contributed by atoms with Gasteiger partial charge in [-0.2, -0.15) is 5.26 Å². The number of nitriles is 1. The molecule has 19 heavy (non-hydrogen) atoms. The summed E-state index contributed by atoms with van der Waals surface area (Å²) in [6.45, 7) is 13.4. The molecule has 1 aliphatic carbocycles. The highest BCUT2D eigenvalue weighted by Crippen LogP contribution is 2.67. The molecule has 1 aromatic rings. The van der Waals surface area contributed by atoms with E-state index in [4.69, 9.17) is 5.26 Å². The summed E-state index contributed by atoms with van der Waals surface area (Å²) in [6, 6.07) is 4.22. The molecule has 3 nitrogen and oxygen atoms in total. The van der Waals surface area contributed by atoms with E-state index in [1.807, 2.05) is 17.7 Å². The molecule has 2 rings (SSSR count). The fraction of sp³-hybridized carbons (Fsp3) is 0.688. The van der Waals surface area contributed by atoms with Gasteiger partial charge in [0.15, 0.2) is 0 Å². The second kappa shape index (κ2) is 4.38. The Bertz CT molecular complexity index is 515. The third-order valence-corrected chi connectivity index (χ3v) is 5.74. The van der Waals surface area contributed by atoms with Crippen LogP contribution < -0.4 is 5.32 Å². The van der Waals surface area contributed by atoms with E-state index in [9.17, 15) is 0 Å². The van der Waals surface area contributed by atoms with Crippen molar-refractivity contribution in [2.45, 2.75) is 41.2 Å². The Balaban J connectivity index is 1.93. The molecule has 1 heterocycles. The molecule has 0 bridgehead atoms. The van der Waals surface area contributed by atoms with Crippen molar-refractivity contribution in [2.75, 3.05) is 6.54 Å². The Labute approximate surface area is 116 Å². The number of hydrogen-bond acceptors (Lipinski definition) is 2. The lowest BCUT2D eigenvalue weighted by Gasteiger charge is -2.06. The number of nitrogens with zero attached hydrogens (tertiary/aromatic N) is 2. The molecule has 0 atom stereocenters. The van der Waals surface area contributed by atoms with Gasteiger partial charge in [0.05, 0.1) is 0 Å². The van der Waals surface area contributed by atoms with E-state index in [2.05, 4.69) is 46.0 Å². The maximum absolute atomic E-state index is 9.03. The zero-order valence-corrected chi connectivity index (χ0v) is 13.0. The quantitative estimate of drug-likeness (QED) is 0.903. The van der Waals surface area contributed by atoms with Gasteiger partial charge < -0.3 is 9.88 Å². The van der Waals surface area contributed by atoms with Gasteiger partial charge in [-0.05, 0) is 41.8 Å². The summed E-state index contributed by atoms with van der Waals surface area (Å²) in [6.07, 6.45) is 0. The highest BCUT2D eigenvalue weighted by atomic mass is 15.0. The van der Waals surface area contributed by atoms with Crippen LogP contribution in [0.1, 0.15) is 44.6 Å². The smallest absolute Gasteiger partial charge is 0.120 e. The van der Waals surface area contributed by atoms with Crippen molar-refractivity contribution in [2.24, 2.45) is 23.8 Å². The van der Waals surface area contributed by atoms with Crippen LogP contribution in [0.15, 0.2) is 6.07 Å². The molecular weight excluding hydrogens is 234 g/mol. The van der Waals surface area contributed by atoms with Gasteiger partial charge in [0, 0.05) is 19.3 Å². The molecule has 0 spiro atoms. The molecule has 0 radical (unpaired) electrons. The maximum Gasteiger partial charge on any atom is 0.120 e. The minimum absolute atomic E-state index is 0.434. The molecule has 0 aliphatic heterocycles. The third-order valence-electron chi connectivity index (χ3n) is 5.74. The summed E-state index contributed by atoms with van der Waals surface area (Å²) in [7, 11) is 1.95. The normalized spacial score (nSPS) is 20.3. The topological polar surface area (TPSA) is 40.8 Å². The monoisotopic (exact) mass is 259 g/mol. The average Bonchev–Trinajstić information content (AvgIpc) is 2.60. The summed E-state index contributed by atoms with van der Waals surface area (Å²) in [5, 5.41) is 12.6. The van der Waals surface area contributed by atoms with Crippen LogP contribution in [0.3, 0.4) is 0 Å². The molecule has 0 amide bonds. The maximum atomic E-state index is 9.03. The average molecular weight is 259 g/mol. The van der Waals surface area contributed by atoms with Crippen molar-refractivity contribution in [3.63, 3.8) is 0 Å². The number of rotatable bonds is 4. The molecule has 3 heteroatoms. The molecule has 0 aromatic carbocycles. The minimum Gasteiger partial charge on any atom is -0.340 e. The van der Waals surface area contributed by atoms with E-state index in [0.29, 0.717) is 10.8 Å². The lowest BCUT2D eigenvalue weighted by Crippen LogP contribution is -2.19. The molecule has 1 aliphatic rings. The van der Waals surface area contributed by atoms with Crippen LogP contribution >= 0.6 is 0 Å². The van der Waals surface area contributed by atoms with E-state index in [1.54, 1.807) is 0 Å². The van der Waals surface area contributed by atoms with Crippen molar-refractivity contribution < 1.29 is 0 Å². The first kappa shape index (κ1) is 14.1. The summed E-state index contributed by atoms with van der Waals surface area (Å²) < 4.78 is 1.96. The Morgan fingerprint density at radius 1 is 1.32 bits per heavy atom. The van der Waals surface area contributed by atoms with E-state index in [-0.39, 0.29) is 0 Å². The fourth-order valence-electron chi connectivity index (χ4n) is 3.24. The number of nitrogens with one attached hydrogen (secondary N) is 1. The Kier molecular flexibility index (Phi) is 3.26. The molecule has 0 unspecified atom stereocenters. The van der Waals surface area contributed by atoms with Crippen molar-refractivity contribution in [1.29, 1.82) is 5.26 Å². The highest BCUT2D eigenvalue weighted by molar-refractivity contribution is 5.34. The van der Waals surface area contributed by atoms with Crippen molar-refractivity contribution in [3.05, 3.63) is 23.0 Å². The van der Waals surface area contributed by atoms with Crippen molar-refractivity contribution in [1.82, 2.24) is 9.88 Å². The SMILES string of the molecule is Cc1c(CNCC2C(C)(C)C2(C)C)cc(C#N)n1C. The lowest BCUT2D eigenvalue weighted by molar-refractivity contribution is 0.457. The van der Waals surface area contributed by atoms with Gasteiger partial charge >= 0.3 is 0 Å². The Morgan fingerprint density at radius 3 is 2.32 bits per heavy atom. The standard InChI is InChI=1S/C16H25N3/c1-11-12(7-13(8-17)19(11)6)9-18-10-14-15(2,3)16(14,4)5/h7,14,18H,9-10H2,1-6H3. The van der Waals surface area contributed by atoms with Gasteiger partial charge in [0.1, 0.15) is 11.8 Å². The molecule has 0 saturated heterocycles. The van der Waals surface area contributed by atoms with Crippen molar-refractivity contribution in [3.8, 4) is 6.07 Å². The molecule has 1 saturated carbocycles. The van der Waals surface area contributed by atoms with Crippen LogP contribution in [0.4, 0.5) is 0 Å². The lowest BCUT2D eigenvalue weighted by atomic mass is 10.0. The third kappa shape index (κ3) is 2.08. The second-order valence-electron chi connectivity index (χ2n) is 6.94. The van der Waals surface area contributed by atoms with Gasteiger partial charge in [-0.1, -0.05) is 27.7 Å². The minimum atomic E-state index is 0.434. The van der Waals surface area contributed by atoms with Crippen LogP contribution in [0, 0.1) is 35.0 Å². The zero-order valence-electron chi connectivity index (χ0n) is 13.0. The second-order valence-corrected chi connectivity index (χ2v) is 6.94. The first-order valence-electron chi connectivity index (χ1n) is 6.99. The summed E-state index contributed by atoms with van der Waals surface area (Å²) in [5.74, 6) is 0.736. The van der Waals surface area contributed by atoms with E-state index in [1.165, 1.54) is 11.3 Å². The first-order chi connectivity index (χ1) is 8.73. The first-order valence-corrected chi connectivity index (χ1v) is 6.99.